The van der Waals surface area contributed by atoms with Gasteiger partial charge in [-0.25, -0.2) is 0 Å². The lowest BCUT2D eigenvalue weighted by Crippen LogP contribution is -1.90. The predicted octanol–water partition coefficient (Wildman–Crippen LogP) is 18.6. The minimum atomic E-state index is 0.914. The van der Waals surface area contributed by atoms with Crippen molar-refractivity contribution in [2.24, 2.45) is 0 Å². The molecule has 14 aromatic rings. The highest BCUT2D eigenvalue weighted by molar-refractivity contribution is 6.24. The van der Waals surface area contributed by atoms with Crippen LogP contribution in [-0.2, 0) is 0 Å². The molecule has 2 heteroatoms. The zero-order chi connectivity index (χ0) is 46.1. The topological polar surface area (TPSA) is 25.8 Å². The van der Waals surface area contributed by atoms with Crippen LogP contribution in [0.1, 0.15) is 0 Å². The van der Waals surface area contributed by atoms with Crippen molar-refractivity contribution in [1.29, 1.82) is 0 Å². The maximum Gasteiger partial charge on any atom is 0.0971 e. The van der Waals surface area contributed by atoms with Gasteiger partial charge in [0.15, 0.2) is 0 Å². The van der Waals surface area contributed by atoms with Crippen molar-refractivity contribution in [2.75, 3.05) is 0 Å². The average Bonchev–Trinajstić information content (AvgIpc) is 3.44. The van der Waals surface area contributed by atoms with Crippen molar-refractivity contribution < 1.29 is 0 Å². The summed E-state index contributed by atoms with van der Waals surface area (Å²) in [5, 5.41) is 14.6. The van der Waals surface area contributed by atoms with E-state index in [2.05, 4.69) is 243 Å². The summed E-state index contributed by atoms with van der Waals surface area (Å²) in [4.78, 5) is 9.82. The third-order valence-corrected chi connectivity index (χ3v) is 14.5. The summed E-state index contributed by atoms with van der Waals surface area (Å²) in [6.45, 7) is 0. The average molecular weight is 887 g/mol. The Bertz CT molecular complexity index is 4150. The third-order valence-electron chi connectivity index (χ3n) is 14.5. The summed E-state index contributed by atoms with van der Waals surface area (Å²) < 4.78 is 0. The van der Waals surface area contributed by atoms with Gasteiger partial charge in [0.1, 0.15) is 0 Å². The molecule has 2 nitrogen and oxygen atoms in total. The summed E-state index contributed by atoms with van der Waals surface area (Å²) in [7, 11) is 0. The molecule has 14 rings (SSSR count). The molecule has 0 saturated carbocycles. The van der Waals surface area contributed by atoms with Gasteiger partial charge in [0, 0.05) is 23.2 Å². The van der Waals surface area contributed by atoms with Gasteiger partial charge >= 0.3 is 0 Å². The smallest absolute Gasteiger partial charge is 0.0971 e. The Morgan fingerprint density at radius 3 is 0.900 bits per heavy atom. The second kappa shape index (κ2) is 16.2. The molecule has 0 N–H and O–H groups in total. The Kier molecular flexibility index (Phi) is 9.25. The number of nitrogens with zero attached hydrogens (tertiary/aromatic N) is 2. The van der Waals surface area contributed by atoms with Gasteiger partial charge < -0.3 is 0 Å². The minimum Gasteiger partial charge on any atom is -0.252 e. The first-order chi connectivity index (χ1) is 34.7. The summed E-state index contributed by atoms with van der Waals surface area (Å²) >= 11 is 0. The lowest BCUT2D eigenvalue weighted by molar-refractivity contribution is 1.31. The van der Waals surface area contributed by atoms with Crippen LogP contribution in [0, 0.1) is 0 Å². The van der Waals surface area contributed by atoms with Gasteiger partial charge in [-0.2, -0.15) is 0 Å². The molecule has 0 aliphatic carbocycles. The lowest BCUT2D eigenvalue weighted by atomic mass is 9.90. The van der Waals surface area contributed by atoms with E-state index in [0.29, 0.717) is 0 Å². The van der Waals surface area contributed by atoms with Gasteiger partial charge in [-0.1, -0.05) is 194 Å². The molecular weight excluding hydrogens is 845 g/mol. The van der Waals surface area contributed by atoms with Crippen LogP contribution in [0.2, 0.25) is 0 Å². The molecule has 13 aromatic carbocycles. The van der Waals surface area contributed by atoms with Crippen molar-refractivity contribution in [2.45, 2.75) is 0 Å². The molecular formula is C68H42N2. The first kappa shape index (κ1) is 39.9. The van der Waals surface area contributed by atoms with Crippen LogP contribution in [0.5, 0.6) is 0 Å². The van der Waals surface area contributed by atoms with E-state index in [4.69, 9.17) is 9.97 Å². The largest absolute Gasteiger partial charge is 0.252 e. The van der Waals surface area contributed by atoms with E-state index in [1.165, 1.54) is 87.6 Å². The molecule has 1 aromatic heterocycles. The number of hydrogen-bond donors (Lipinski definition) is 0. The van der Waals surface area contributed by atoms with Crippen molar-refractivity contribution in [3.05, 3.63) is 255 Å². The molecule has 0 radical (unpaired) electrons. The molecule has 0 aliphatic heterocycles. The quantitative estimate of drug-likeness (QED) is 0.156. The highest BCUT2D eigenvalue weighted by Gasteiger charge is 2.16. The Hall–Kier alpha value is -9.24. The van der Waals surface area contributed by atoms with E-state index >= 15 is 0 Å². The maximum absolute atomic E-state index is 4.91. The lowest BCUT2D eigenvalue weighted by Gasteiger charge is -2.14. The molecule has 1 heterocycles. The monoisotopic (exact) mass is 886 g/mol. The second-order valence-electron chi connectivity index (χ2n) is 18.5. The van der Waals surface area contributed by atoms with E-state index in [1.54, 1.807) is 12.4 Å². The minimum absolute atomic E-state index is 0.914. The number of rotatable bonds is 6. The van der Waals surface area contributed by atoms with Gasteiger partial charge in [-0.15, -0.1) is 0 Å². The van der Waals surface area contributed by atoms with E-state index in [0.717, 1.165) is 54.8 Å². The normalized spacial score (nSPS) is 11.7. The number of benzene rings is 13. The van der Waals surface area contributed by atoms with Gasteiger partial charge in [0.2, 0.25) is 0 Å². The molecule has 0 unspecified atom stereocenters. The zero-order valence-corrected chi connectivity index (χ0v) is 38.1. The predicted molar refractivity (Wildman–Crippen MR) is 297 cm³/mol. The number of hydrogen-bond acceptors (Lipinski definition) is 2. The Balaban J connectivity index is 0.852. The van der Waals surface area contributed by atoms with E-state index in [1.807, 2.05) is 0 Å². The van der Waals surface area contributed by atoms with Crippen LogP contribution in [-0.4, -0.2) is 9.97 Å². The zero-order valence-electron chi connectivity index (χ0n) is 38.1. The van der Waals surface area contributed by atoms with Crippen LogP contribution in [0.3, 0.4) is 0 Å². The van der Waals surface area contributed by atoms with Crippen molar-refractivity contribution in [1.82, 2.24) is 9.97 Å². The van der Waals surface area contributed by atoms with Crippen LogP contribution in [0.4, 0.5) is 0 Å². The summed E-state index contributed by atoms with van der Waals surface area (Å²) in [6.07, 6.45) is 3.61. The summed E-state index contributed by atoms with van der Waals surface area (Å²) in [5.41, 5.74) is 16.1. The van der Waals surface area contributed by atoms with Gasteiger partial charge in [-0.05, 0) is 169 Å². The van der Waals surface area contributed by atoms with Gasteiger partial charge in [0.05, 0.1) is 11.0 Å². The van der Waals surface area contributed by atoms with Crippen LogP contribution in [0.15, 0.2) is 255 Å². The van der Waals surface area contributed by atoms with Crippen LogP contribution < -0.4 is 0 Å². The molecule has 0 saturated heterocycles. The van der Waals surface area contributed by atoms with Crippen molar-refractivity contribution in [3.63, 3.8) is 0 Å². The number of fused-ring (bicyclic) bond motifs is 12. The highest BCUT2D eigenvalue weighted by Crippen LogP contribution is 2.42. The maximum atomic E-state index is 4.91. The molecule has 70 heavy (non-hydrogen) atoms. The summed E-state index contributed by atoms with van der Waals surface area (Å²) in [6, 6.07) is 89.2. The van der Waals surface area contributed by atoms with Crippen LogP contribution >= 0.6 is 0 Å². The second-order valence-corrected chi connectivity index (χ2v) is 18.5. The van der Waals surface area contributed by atoms with Crippen LogP contribution in [0.25, 0.3) is 142 Å². The third kappa shape index (κ3) is 6.64. The SMILES string of the molecule is c1cc(-c2cccc(-c3cc4ccccc4c4ccccc34)c2)cc(-c2ccc3c(c2)c2cc(-c4cccc(-c5cccc(-c6cc7ccccc7c7ccccc67)c5)c4)ccc2c2nccnc32)c1. The summed E-state index contributed by atoms with van der Waals surface area (Å²) in [5.74, 6) is 0. The fraction of sp³-hybridized carbons (Fsp3) is 0. The Morgan fingerprint density at radius 2 is 0.500 bits per heavy atom. The fourth-order valence-electron chi connectivity index (χ4n) is 11.1. The fourth-order valence-corrected chi connectivity index (χ4v) is 11.1. The first-order valence-electron chi connectivity index (χ1n) is 24.0. The van der Waals surface area contributed by atoms with Gasteiger partial charge in [-0.3, -0.25) is 9.97 Å². The molecule has 0 aliphatic rings. The molecule has 0 bridgehead atoms. The van der Waals surface area contributed by atoms with E-state index in [-0.39, 0.29) is 0 Å². The number of aromatic nitrogens is 2. The highest BCUT2D eigenvalue weighted by atomic mass is 14.8. The van der Waals surface area contributed by atoms with Crippen molar-refractivity contribution in [3.8, 4) is 66.8 Å². The molecule has 324 valence electrons. The molecule has 0 fully saturated rings. The van der Waals surface area contributed by atoms with Crippen molar-refractivity contribution >= 4 is 75.7 Å². The Morgan fingerprint density at radius 1 is 0.186 bits per heavy atom. The Labute approximate surface area is 405 Å². The molecule has 0 spiro atoms. The molecule has 0 atom stereocenters. The first-order valence-corrected chi connectivity index (χ1v) is 24.0. The standard InChI is InChI=1S/C68H42N2/c1-3-23-55-53(13-1)41-63(59-27-7-5-25-57(55)59)51-21-11-19-47(37-51)43-15-9-17-45(35-43)49-29-31-61-65(39-49)66-40-50(30-32-62(66)68-67(61)69-33-34-70-68)46-18-10-16-44(36-46)48-20-12-22-52(38-48)64-42-54-14-2-4-24-56(54)58-26-6-8-28-60(58)64/h1-42H. The van der Waals surface area contributed by atoms with Gasteiger partial charge in [0.25, 0.3) is 0 Å². The van der Waals surface area contributed by atoms with E-state index < -0.39 is 0 Å². The van der Waals surface area contributed by atoms with E-state index in [9.17, 15) is 0 Å². The molecule has 0 amide bonds.